The average Bonchev–Trinajstić information content (AvgIpc) is 2.46. The van der Waals surface area contributed by atoms with Crippen LogP contribution in [0.25, 0.3) is 0 Å². The van der Waals surface area contributed by atoms with Crippen molar-refractivity contribution >= 4 is 5.91 Å². The molecule has 2 rings (SSSR count). The van der Waals surface area contributed by atoms with Crippen molar-refractivity contribution in [2.75, 3.05) is 6.61 Å². The molecule has 0 radical (unpaired) electrons. The number of para-hydroxylation sites is 1. The van der Waals surface area contributed by atoms with Gasteiger partial charge in [-0.05, 0) is 12.0 Å². The Hall–Kier alpha value is -1.55. The van der Waals surface area contributed by atoms with Gasteiger partial charge in [0.05, 0.1) is 18.7 Å². The summed E-state index contributed by atoms with van der Waals surface area (Å²) in [5.74, 6) is 0.974. The molecule has 1 aromatic rings. The second-order valence-electron chi connectivity index (χ2n) is 5.15. The fraction of sp³-hybridized carbons (Fsp3) is 0.533. The number of fused-ring (bicyclic) bond motifs is 1. The molecule has 3 N–H and O–H groups in total. The molecule has 0 spiro atoms. The van der Waals surface area contributed by atoms with Gasteiger partial charge in [0.15, 0.2) is 0 Å². The smallest absolute Gasteiger partial charge is 0.237 e. The predicted molar refractivity (Wildman–Crippen MR) is 74.9 cm³/mol. The third-order valence-corrected chi connectivity index (χ3v) is 3.83. The first-order valence-corrected chi connectivity index (χ1v) is 6.91. The van der Waals surface area contributed by atoms with Crippen LogP contribution >= 0.6 is 0 Å². The van der Waals surface area contributed by atoms with Crippen molar-refractivity contribution in [3.8, 4) is 5.75 Å². The van der Waals surface area contributed by atoms with Crippen molar-refractivity contribution in [3.05, 3.63) is 29.8 Å². The number of ether oxygens (including phenoxy) is 1. The molecule has 4 heteroatoms. The fourth-order valence-corrected chi connectivity index (χ4v) is 2.27. The van der Waals surface area contributed by atoms with Gasteiger partial charge in [0, 0.05) is 12.0 Å². The van der Waals surface area contributed by atoms with Crippen LogP contribution in [0.5, 0.6) is 5.75 Å². The Kier molecular flexibility index (Phi) is 4.43. The third-order valence-electron chi connectivity index (χ3n) is 3.83. The number of nitrogens with two attached hydrogens (primary N) is 1. The summed E-state index contributed by atoms with van der Waals surface area (Å²) in [6, 6.07) is 7.39. The maximum atomic E-state index is 12.1. The van der Waals surface area contributed by atoms with Gasteiger partial charge in [0.1, 0.15) is 5.75 Å². The largest absolute Gasteiger partial charge is 0.493 e. The zero-order valence-corrected chi connectivity index (χ0v) is 11.6. The number of benzene rings is 1. The van der Waals surface area contributed by atoms with Crippen molar-refractivity contribution in [1.82, 2.24) is 5.32 Å². The van der Waals surface area contributed by atoms with Crippen LogP contribution in [-0.4, -0.2) is 18.6 Å². The highest BCUT2D eigenvalue weighted by molar-refractivity contribution is 5.82. The zero-order chi connectivity index (χ0) is 13.8. The van der Waals surface area contributed by atoms with Gasteiger partial charge in [-0.15, -0.1) is 0 Å². The molecular formula is C15H22N2O2. The van der Waals surface area contributed by atoms with Gasteiger partial charge >= 0.3 is 0 Å². The molecular weight excluding hydrogens is 240 g/mol. The van der Waals surface area contributed by atoms with E-state index in [2.05, 4.69) is 5.32 Å². The lowest BCUT2D eigenvalue weighted by Gasteiger charge is -2.28. The van der Waals surface area contributed by atoms with Gasteiger partial charge in [-0.3, -0.25) is 4.79 Å². The maximum Gasteiger partial charge on any atom is 0.237 e. The van der Waals surface area contributed by atoms with E-state index in [0.29, 0.717) is 6.61 Å². The molecule has 0 aromatic heterocycles. The Balaban J connectivity index is 2.06. The minimum atomic E-state index is -0.444. The molecule has 0 saturated heterocycles. The lowest BCUT2D eigenvalue weighted by Crippen LogP contribution is -2.46. The molecule has 104 valence electrons. The summed E-state index contributed by atoms with van der Waals surface area (Å²) in [5.41, 5.74) is 7.01. The molecule has 1 heterocycles. The number of hydrogen-bond acceptors (Lipinski definition) is 3. The number of carbonyl (C=O) groups excluding carboxylic acids is 1. The highest BCUT2D eigenvalue weighted by Gasteiger charge is 2.26. The van der Waals surface area contributed by atoms with E-state index < -0.39 is 6.04 Å². The second kappa shape index (κ2) is 6.06. The van der Waals surface area contributed by atoms with E-state index >= 15 is 0 Å². The summed E-state index contributed by atoms with van der Waals surface area (Å²) >= 11 is 0. The molecule has 1 aliphatic rings. The van der Waals surface area contributed by atoms with Gasteiger partial charge in [-0.1, -0.05) is 38.5 Å². The molecule has 1 aromatic carbocycles. The number of amides is 1. The van der Waals surface area contributed by atoms with Crippen LogP contribution in [0.1, 0.15) is 38.3 Å². The Bertz CT molecular complexity index is 448. The summed E-state index contributed by atoms with van der Waals surface area (Å²) < 4.78 is 5.58. The first-order chi connectivity index (χ1) is 9.13. The molecule has 0 bridgehead atoms. The van der Waals surface area contributed by atoms with E-state index in [0.717, 1.165) is 24.2 Å². The highest BCUT2D eigenvalue weighted by atomic mass is 16.5. The Labute approximate surface area is 114 Å². The lowest BCUT2D eigenvalue weighted by molar-refractivity contribution is -0.124. The summed E-state index contributed by atoms with van der Waals surface area (Å²) in [5, 5.41) is 3.05. The van der Waals surface area contributed by atoms with Crippen molar-refractivity contribution < 1.29 is 9.53 Å². The van der Waals surface area contributed by atoms with E-state index in [9.17, 15) is 4.79 Å². The van der Waals surface area contributed by atoms with Gasteiger partial charge in [-0.2, -0.15) is 0 Å². The standard InChI is InChI=1S/C15H22N2O2/c1-3-10(2)14(16)15(18)17-12-8-9-19-13-7-5-4-6-11(12)13/h4-7,10,12,14H,3,8-9,16H2,1-2H3,(H,17,18)/t10-,12?,14-/m0/s1. The molecule has 19 heavy (non-hydrogen) atoms. The highest BCUT2D eigenvalue weighted by Crippen LogP contribution is 2.31. The average molecular weight is 262 g/mol. The van der Waals surface area contributed by atoms with E-state index in [1.54, 1.807) is 0 Å². The van der Waals surface area contributed by atoms with Gasteiger partial charge in [0.2, 0.25) is 5.91 Å². The molecule has 1 aliphatic heterocycles. The van der Waals surface area contributed by atoms with Crippen LogP contribution in [0.2, 0.25) is 0 Å². The summed E-state index contributed by atoms with van der Waals surface area (Å²) in [7, 11) is 0. The van der Waals surface area contributed by atoms with Gasteiger partial charge in [0.25, 0.3) is 0 Å². The second-order valence-corrected chi connectivity index (χ2v) is 5.15. The van der Waals surface area contributed by atoms with E-state index in [1.807, 2.05) is 38.1 Å². The minimum Gasteiger partial charge on any atom is -0.493 e. The summed E-state index contributed by atoms with van der Waals surface area (Å²) in [6.07, 6.45) is 1.69. The van der Waals surface area contributed by atoms with E-state index in [1.165, 1.54) is 0 Å². The first kappa shape index (κ1) is 13.9. The fourth-order valence-electron chi connectivity index (χ4n) is 2.27. The van der Waals surface area contributed by atoms with Crippen LogP contribution in [0.15, 0.2) is 24.3 Å². The van der Waals surface area contributed by atoms with Crippen molar-refractivity contribution in [1.29, 1.82) is 0 Å². The van der Waals surface area contributed by atoms with Crippen molar-refractivity contribution in [3.63, 3.8) is 0 Å². The SMILES string of the molecule is CC[C@H](C)[C@H](N)C(=O)NC1CCOc2ccccc21. The van der Waals surface area contributed by atoms with Gasteiger partial charge < -0.3 is 15.8 Å². The van der Waals surface area contributed by atoms with Crippen molar-refractivity contribution in [2.24, 2.45) is 11.7 Å². The molecule has 0 aliphatic carbocycles. The molecule has 1 amide bonds. The number of nitrogens with one attached hydrogen (secondary N) is 1. The zero-order valence-electron chi connectivity index (χ0n) is 11.6. The molecule has 0 fully saturated rings. The predicted octanol–water partition coefficient (Wildman–Crippen LogP) is 2.00. The Morgan fingerprint density at radius 2 is 2.26 bits per heavy atom. The number of hydrogen-bond donors (Lipinski definition) is 2. The van der Waals surface area contributed by atoms with E-state index in [4.69, 9.17) is 10.5 Å². The molecule has 3 atom stereocenters. The van der Waals surface area contributed by atoms with Crippen LogP contribution in [0, 0.1) is 5.92 Å². The number of rotatable bonds is 4. The number of carbonyl (C=O) groups is 1. The minimum absolute atomic E-state index is 0.00700. The van der Waals surface area contributed by atoms with Gasteiger partial charge in [-0.25, -0.2) is 0 Å². The lowest BCUT2D eigenvalue weighted by atomic mass is 9.97. The quantitative estimate of drug-likeness (QED) is 0.872. The van der Waals surface area contributed by atoms with E-state index in [-0.39, 0.29) is 17.9 Å². The topological polar surface area (TPSA) is 64.4 Å². The summed E-state index contributed by atoms with van der Waals surface area (Å²) in [6.45, 7) is 4.67. The maximum absolute atomic E-state index is 12.1. The normalized spacial score (nSPS) is 20.9. The van der Waals surface area contributed by atoms with Crippen LogP contribution < -0.4 is 15.8 Å². The molecule has 4 nitrogen and oxygen atoms in total. The Morgan fingerprint density at radius 3 is 3.00 bits per heavy atom. The third kappa shape index (κ3) is 3.07. The van der Waals surface area contributed by atoms with Crippen molar-refractivity contribution in [2.45, 2.75) is 38.8 Å². The van der Waals surface area contributed by atoms with Crippen LogP contribution in [0.4, 0.5) is 0 Å². The van der Waals surface area contributed by atoms with Crippen LogP contribution in [0.3, 0.4) is 0 Å². The van der Waals surface area contributed by atoms with Crippen LogP contribution in [-0.2, 0) is 4.79 Å². The Morgan fingerprint density at radius 1 is 1.53 bits per heavy atom. The summed E-state index contributed by atoms with van der Waals surface area (Å²) in [4.78, 5) is 12.1. The monoisotopic (exact) mass is 262 g/mol. The molecule has 0 saturated carbocycles. The first-order valence-electron chi connectivity index (χ1n) is 6.91. The molecule has 1 unspecified atom stereocenters.